The van der Waals surface area contributed by atoms with E-state index in [9.17, 15) is 9.90 Å². The Bertz CT molecular complexity index is 423. The fourth-order valence-electron chi connectivity index (χ4n) is 1.17. The van der Waals surface area contributed by atoms with Crippen molar-refractivity contribution in [3.63, 3.8) is 0 Å². The van der Waals surface area contributed by atoms with Gasteiger partial charge in [0.2, 0.25) is 0 Å². The third-order valence-electron chi connectivity index (χ3n) is 2.18. The second-order valence-electron chi connectivity index (χ2n) is 3.75. The minimum Gasteiger partial charge on any atom is -0.467 e. The first-order chi connectivity index (χ1) is 7.86. The maximum absolute atomic E-state index is 11.3. The average Bonchev–Trinajstić information content (AvgIpc) is 2.29. The van der Waals surface area contributed by atoms with Crippen molar-refractivity contribution in [1.82, 2.24) is 0 Å². The molecule has 94 valence electrons. The van der Waals surface area contributed by atoms with Crippen LogP contribution in [0.15, 0.2) is 22.7 Å². The molecule has 0 bridgehead atoms. The van der Waals surface area contributed by atoms with Gasteiger partial charge >= 0.3 is 5.97 Å². The van der Waals surface area contributed by atoms with Crippen molar-refractivity contribution in [1.29, 1.82) is 0 Å². The predicted octanol–water partition coefficient (Wildman–Crippen LogP) is 2.39. The Labute approximate surface area is 122 Å². The van der Waals surface area contributed by atoms with Gasteiger partial charge in [0.25, 0.3) is 0 Å². The molecule has 0 aliphatic rings. The van der Waals surface area contributed by atoms with Gasteiger partial charge in [-0.15, -0.1) is 0 Å². The van der Waals surface area contributed by atoms with Gasteiger partial charge in [0.1, 0.15) is 0 Å². The van der Waals surface area contributed by atoms with Gasteiger partial charge in [-0.2, -0.15) is 0 Å². The number of carbonyl (C=O) groups is 1. The molecule has 0 saturated heterocycles. The smallest absolute Gasteiger partial charge is 0.339 e. The number of esters is 1. The second kappa shape index (κ2) is 6.01. The van der Waals surface area contributed by atoms with Crippen LogP contribution >= 0.6 is 38.5 Å². The Morgan fingerprint density at radius 1 is 1.65 bits per heavy atom. The molecule has 6 heteroatoms. The van der Waals surface area contributed by atoms with E-state index in [4.69, 9.17) is 0 Å². The van der Waals surface area contributed by atoms with Crippen LogP contribution < -0.4 is 5.32 Å². The van der Waals surface area contributed by atoms with Crippen molar-refractivity contribution in [2.45, 2.75) is 12.5 Å². The maximum atomic E-state index is 11.3. The lowest BCUT2D eigenvalue weighted by atomic mass is 10.1. The lowest BCUT2D eigenvalue weighted by Gasteiger charge is -2.21. The normalized spacial score (nSPS) is 13.9. The Balaban J connectivity index is 2.67. The Morgan fingerprint density at radius 2 is 2.29 bits per heavy atom. The summed E-state index contributed by atoms with van der Waals surface area (Å²) < 4.78 is 6.56. The van der Waals surface area contributed by atoms with Crippen molar-refractivity contribution in [3.8, 4) is 0 Å². The molecule has 0 aromatic heterocycles. The standard InChI is InChI=1S/C11H13BrINO3/c1-11(16,10(15)17-2)6-14-7-3-4-8(12)9(13)5-7/h3-5,14,16H,6H2,1-2H3. The molecule has 0 amide bonds. The van der Waals surface area contributed by atoms with Gasteiger partial charge in [0.15, 0.2) is 5.60 Å². The summed E-state index contributed by atoms with van der Waals surface area (Å²) >= 11 is 5.59. The number of nitrogens with one attached hydrogen (secondary N) is 1. The van der Waals surface area contributed by atoms with E-state index < -0.39 is 11.6 Å². The summed E-state index contributed by atoms with van der Waals surface area (Å²) in [5.41, 5.74) is -0.699. The fourth-order valence-corrected chi connectivity index (χ4v) is 1.93. The van der Waals surface area contributed by atoms with Crippen molar-refractivity contribution >= 4 is 50.2 Å². The first kappa shape index (κ1) is 14.7. The molecule has 2 N–H and O–H groups in total. The van der Waals surface area contributed by atoms with Crippen molar-refractivity contribution < 1.29 is 14.6 Å². The largest absolute Gasteiger partial charge is 0.467 e. The number of anilines is 1. The molecule has 1 aromatic rings. The molecule has 1 unspecified atom stereocenters. The summed E-state index contributed by atoms with van der Waals surface area (Å²) in [4.78, 5) is 11.3. The summed E-state index contributed by atoms with van der Waals surface area (Å²) in [6.45, 7) is 1.51. The summed E-state index contributed by atoms with van der Waals surface area (Å²) in [5, 5.41) is 12.8. The van der Waals surface area contributed by atoms with Gasteiger partial charge in [-0.25, -0.2) is 4.79 Å². The molecule has 0 aliphatic carbocycles. The maximum Gasteiger partial charge on any atom is 0.339 e. The number of methoxy groups -OCH3 is 1. The highest BCUT2D eigenvalue weighted by Crippen LogP contribution is 2.23. The van der Waals surface area contributed by atoms with Gasteiger partial charge in [0.05, 0.1) is 13.7 Å². The van der Waals surface area contributed by atoms with E-state index in [1.807, 2.05) is 18.2 Å². The number of hydrogen-bond acceptors (Lipinski definition) is 4. The van der Waals surface area contributed by atoms with Crippen LogP contribution in [0.25, 0.3) is 0 Å². The van der Waals surface area contributed by atoms with E-state index in [2.05, 4.69) is 48.6 Å². The lowest BCUT2D eigenvalue weighted by Crippen LogP contribution is -2.42. The minimum atomic E-state index is -1.53. The molecule has 0 saturated carbocycles. The number of hydrogen-bond donors (Lipinski definition) is 2. The van der Waals surface area contributed by atoms with Crippen LogP contribution in [0.3, 0.4) is 0 Å². The van der Waals surface area contributed by atoms with Gasteiger partial charge in [-0.1, -0.05) is 0 Å². The zero-order chi connectivity index (χ0) is 13.1. The highest BCUT2D eigenvalue weighted by Gasteiger charge is 2.31. The first-order valence-corrected chi connectivity index (χ1v) is 6.73. The number of benzene rings is 1. The SMILES string of the molecule is COC(=O)C(C)(O)CNc1ccc(Br)c(I)c1. The van der Waals surface area contributed by atoms with Crippen LogP contribution in [-0.4, -0.2) is 30.3 Å². The molecule has 1 atom stereocenters. The zero-order valence-electron chi connectivity index (χ0n) is 9.46. The second-order valence-corrected chi connectivity index (χ2v) is 5.76. The van der Waals surface area contributed by atoms with Gasteiger partial charge in [-0.05, 0) is 63.6 Å². The van der Waals surface area contributed by atoms with Crippen LogP contribution in [0.2, 0.25) is 0 Å². The van der Waals surface area contributed by atoms with Crippen LogP contribution in [0.1, 0.15) is 6.92 Å². The summed E-state index contributed by atoms with van der Waals surface area (Å²) in [7, 11) is 1.25. The van der Waals surface area contributed by atoms with E-state index in [0.29, 0.717) is 0 Å². The molecule has 0 fully saturated rings. The van der Waals surface area contributed by atoms with E-state index >= 15 is 0 Å². The molecule has 1 aromatic carbocycles. The minimum absolute atomic E-state index is 0.0946. The van der Waals surface area contributed by atoms with Crippen LogP contribution in [0.5, 0.6) is 0 Å². The Morgan fingerprint density at radius 3 is 2.82 bits per heavy atom. The van der Waals surface area contributed by atoms with E-state index in [1.165, 1.54) is 14.0 Å². The lowest BCUT2D eigenvalue weighted by molar-refractivity contribution is -0.158. The Kier molecular flexibility index (Phi) is 5.21. The summed E-state index contributed by atoms with van der Waals surface area (Å²) in [6, 6.07) is 5.68. The molecule has 0 radical (unpaired) electrons. The van der Waals surface area contributed by atoms with E-state index in [-0.39, 0.29) is 6.54 Å². The molecular weight excluding hydrogens is 401 g/mol. The van der Waals surface area contributed by atoms with E-state index in [0.717, 1.165) is 13.7 Å². The number of aliphatic hydroxyl groups is 1. The van der Waals surface area contributed by atoms with Gasteiger partial charge < -0.3 is 15.2 Å². The molecule has 1 rings (SSSR count). The van der Waals surface area contributed by atoms with Gasteiger partial charge in [-0.3, -0.25) is 0 Å². The molecule has 4 nitrogen and oxygen atoms in total. The summed E-state index contributed by atoms with van der Waals surface area (Å²) in [6.07, 6.45) is 0. The van der Waals surface area contributed by atoms with Crippen LogP contribution in [0.4, 0.5) is 5.69 Å². The molecular formula is C11H13BrINO3. The van der Waals surface area contributed by atoms with E-state index in [1.54, 1.807) is 0 Å². The Hall–Kier alpha value is -0.340. The average molecular weight is 414 g/mol. The van der Waals surface area contributed by atoms with Gasteiger partial charge in [0, 0.05) is 13.7 Å². The zero-order valence-corrected chi connectivity index (χ0v) is 13.2. The fraction of sp³-hybridized carbons (Fsp3) is 0.364. The quantitative estimate of drug-likeness (QED) is 0.587. The summed E-state index contributed by atoms with van der Waals surface area (Å²) in [5.74, 6) is -0.656. The highest BCUT2D eigenvalue weighted by molar-refractivity contribution is 14.1. The number of halogens is 2. The highest BCUT2D eigenvalue weighted by atomic mass is 127. The topological polar surface area (TPSA) is 58.6 Å². The molecule has 0 aliphatic heterocycles. The van der Waals surface area contributed by atoms with Crippen LogP contribution in [-0.2, 0) is 9.53 Å². The number of carbonyl (C=O) groups excluding carboxylic acids is 1. The third kappa shape index (κ3) is 4.11. The van der Waals surface area contributed by atoms with Crippen molar-refractivity contribution in [2.24, 2.45) is 0 Å². The first-order valence-electron chi connectivity index (χ1n) is 4.86. The third-order valence-corrected chi connectivity index (χ3v) is 4.51. The molecule has 0 spiro atoms. The van der Waals surface area contributed by atoms with Crippen LogP contribution in [0, 0.1) is 3.57 Å². The predicted molar refractivity (Wildman–Crippen MR) is 78.0 cm³/mol. The molecule has 17 heavy (non-hydrogen) atoms. The number of rotatable bonds is 4. The number of ether oxygens (including phenoxy) is 1. The monoisotopic (exact) mass is 413 g/mol. The van der Waals surface area contributed by atoms with Crippen molar-refractivity contribution in [3.05, 3.63) is 26.2 Å². The van der Waals surface area contributed by atoms with Crippen molar-refractivity contribution in [2.75, 3.05) is 19.0 Å². The molecule has 0 heterocycles.